The fourth-order valence-corrected chi connectivity index (χ4v) is 2.52. The summed E-state index contributed by atoms with van der Waals surface area (Å²) >= 11 is 0. The number of nitrogens with zero attached hydrogens (tertiary/aromatic N) is 2. The quantitative estimate of drug-likeness (QED) is 0.810. The van der Waals surface area contributed by atoms with E-state index in [4.69, 9.17) is 4.52 Å². The van der Waals surface area contributed by atoms with Crippen LogP contribution in [-0.2, 0) is 0 Å². The first-order chi connectivity index (χ1) is 8.83. The molecule has 0 N–H and O–H groups in total. The minimum atomic E-state index is 0.533. The van der Waals surface area contributed by atoms with E-state index < -0.39 is 0 Å². The third-order valence-electron chi connectivity index (χ3n) is 3.72. The SMILES string of the molecule is CN1CCC(c2cc(-c3ccccc3)no2)CC1. The van der Waals surface area contributed by atoms with Gasteiger partial charge in [0.15, 0.2) is 0 Å². The topological polar surface area (TPSA) is 29.3 Å². The van der Waals surface area contributed by atoms with Crippen LogP contribution in [0.4, 0.5) is 0 Å². The van der Waals surface area contributed by atoms with Gasteiger partial charge in [-0.2, -0.15) is 0 Å². The van der Waals surface area contributed by atoms with Crippen LogP contribution in [0.1, 0.15) is 24.5 Å². The first-order valence-corrected chi connectivity index (χ1v) is 6.53. The van der Waals surface area contributed by atoms with Crippen LogP contribution in [-0.4, -0.2) is 30.2 Å². The Bertz CT molecular complexity index is 498. The molecule has 3 nitrogen and oxygen atoms in total. The highest BCUT2D eigenvalue weighted by molar-refractivity contribution is 5.58. The van der Waals surface area contributed by atoms with Gasteiger partial charge in [-0.1, -0.05) is 35.5 Å². The second-order valence-electron chi connectivity index (χ2n) is 5.06. The van der Waals surface area contributed by atoms with E-state index in [1.165, 1.54) is 12.8 Å². The largest absolute Gasteiger partial charge is 0.360 e. The normalized spacial score (nSPS) is 18.1. The van der Waals surface area contributed by atoms with E-state index in [0.717, 1.165) is 30.1 Å². The highest BCUT2D eigenvalue weighted by Gasteiger charge is 2.22. The Morgan fingerprint density at radius 2 is 1.89 bits per heavy atom. The van der Waals surface area contributed by atoms with Crippen molar-refractivity contribution in [2.45, 2.75) is 18.8 Å². The molecule has 1 aromatic carbocycles. The molecule has 3 rings (SSSR count). The van der Waals surface area contributed by atoms with Crippen molar-refractivity contribution >= 4 is 0 Å². The van der Waals surface area contributed by atoms with Crippen LogP contribution in [0.3, 0.4) is 0 Å². The molecule has 0 spiro atoms. The maximum Gasteiger partial charge on any atom is 0.140 e. The molecule has 1 saturated heterocycles. The van der Waals surface area contributed by atoms with E-state index in [-0.39, 0.29) is 0 Å². The summed E-state index contributed by atoms with van der Waals surface area (Å²) in [5, 5.41) is 4.19. The summed E-state index contributed by atoms with van der Waals surface area (Å²) in [6.07, 6.45) is 2.33. The van der Waals surface area contributed by atoms with Gasteiger partial charge in [-0.3, -0.25) is 0 Å². The standard InChI is InChI=1S/C15H18N2O/c1-17-9-7-13(8-10-17)15-11-14(16-18-15)12-5-3-2-4-6-12/h2-6,11,13H,7-10H2,1H3. The summed E-state index contributed by atoms with van der Waals surface area (Å²) in [5.74, 6) is 1.58. The number of rotatable bonds is 2. The summed E-state index contributed by atoms with van der Waals surface area (Å²) in [5.41, 5.74) is 2.07. The molecule has 3 heteroatoms. The second-order valence-corrected chi connectivity index (χ2v) is 5.06. The lowest BCUT2D eigenvalue weighted by Crippen LogP contribution is -2.29. The highest BCUT2D eigenvalue weighted by atomic mass is 16.5. The Morgan fingerprint density at radius 1 is 1.17 bits per heavy atom. The lowest BCUT2D eigenvalue weighted by molar-refractivity contribution is 0.231. The molecule has 0 unspecified atom stereocenters. The van der Waals surface area contributed by atoms with Crippen LogP contribution in [0.15, 0.2) is 40.9 Å². The Kier molecular flexibility index (Phi) is 3.15. The van der Waals surface area contributed by atoms with E-state index in [1.54, 1.807) is 0 Å². The Morgan fingerprint density at radius 3 is 2.61 bits per heavy atom. The van der Waals surface area contributed by atoms with Crippen LogP contribution in [0.25, 0.3) is 11.3 Å². The van der Waals surface area contributed by atoms with Crippen molar-refractivity contribution in [2.24, 2.45) is 0 Å². The Labute approximate surface area is 107 Å². The highest BCUT2D eigenvalue weighted by Crippen LogP contribution is 2.30. The molecule has 0 radical (unpaired) electrons. The van der Waals surface area contributed by atoms with Crippen molar-refractivity contribution in [3.05, 3.63) is 42.2 Å². The molecule has 0 aliphatic carbocycles. The van der Waals surface area contributed by atoms with Gasteiger partial charge in [-0.05, 0) is 33.0 Å². The Balaban J connectivity index is 1.78. The predicted molar refractivity (Wildman–Crippen MR) is 71.4 cm³/mol. The zero-order chi connectivity index (χ0) is 12.4. The monoisotopic (exact) mass is 242 g/mol. The smallest absolute Gasteiger partial charge is 0.140 e. The van der Waals surface area contributed by atoms with Crippen LogP contribution in [0.5, 0.6) is 0 Å². The maximum absolute atomic E-state index is 5.53. The van der Waals surface area contributed by atoms with Gasteiger partial charge in [0, 0.05) is 17.5 Å². The van der Waals surface area contributed by atoms with Gasteiger partial charge in [0.1, 0.15) is 11.5 Å². The molecule has 0 saturated carbocycles. The van der Waals surface area contributed by atoms with E-state index in [9.17, 15) is 0 Å². The van der Waals surface area contributed by atoms with Crippen molar-refractivity contribution in [2.75, 3.05) is 20.1 Å². The molecule has 2 aromatic rings. The number of hydrogen-bond donors (Lipinski definition) is 0. The van der Waals surface area contributed by atoms with Crippen molar-refractivity contribution < 1.29 is 4.52 Å². The van der Waals surface area contributed by atoms with Gasteiger partial charge in [0.2, 0.25) is 0 Å². The fraction of sp³-hybridized carbons (Fsp3) is 0.400. The lowest BCUT2D eigenvalue weighted by atomic mass is 9.94. The zero-order valence-electron chi connectivity index (χ0n) is 10.7. The summed E-state index contributed by atoms with van der Waals surface area (Å²) in [7, 11) is 2.17. The molecular formula is C15H18N2O. The molecule has 1 aromatic heterocycles. The van der Waals surface area contributed by atoms with Crippen LogP contribution < -0.4 is 0 Å². The molecule has 1 fully saturated rings. The van der Waals surface area contributed by atoms with Gasteiger partial charge in [-0.25, -0.2) is 0 Å². The third kappa shape index (κ3) is 2.31. The van der Waals surface area contributed by atoms with E-state index in [1.807, 2.05) is 18.2 Å². The number of benzene rings is 1. The summed E-state index contributed by atoms with van der Waals surface area (Å²) in [6.45, 7) is 2.29. The summed E-state index contributed by atoms with van der Waals surface area (Å²) < 4.78 is 5.53. The van der Waals surface area contributed by atoms with Gasteiger partial charge in [0.25, 0.3) is 0 Å². The minimum Gasteiger partial charge on any atom is -0.360 e. The number of aromatic nitrogens is 1. The average Bonchev–Trinajstić information content (AvgIpc) is 2.90. The Hall–Kier alpha value is -1.61. The van der Waals surface area contributed by atoms with E-state index >= 15 is 0 Å². The number of piperidine rings is 1. The van der Waals surface area contributed by atoms with Crippen molar-refractivity contribution in [3.63, 3.8) is 0 Å². The number of hydrogen-bond acceptors (Lipinski definition) is 3. The van der Waals surface area contributed by atoms with Crippen LogP contribution >= 0.6 is 0 Å². The zero-order valence-corrected chi connectivity index (χ0v) is 10.7. The van der Waals surface area contributed by atoms with Gasteiger partial charge < -0.3 is 9.42 Å². The molecule has 1 aliphatic heterocycles. The van der Waals surface area contributed by atoms with Crippen molar-refractivity contribution in [1.82, 2.24) is 10.1 Å². The molecule has 94 valence electrons. The summed E-state index contributed by atoms with van der Waals surface area (Å²) in [6, 6.07) is 12.3. The van der Waals surface area contributed by atoms with Crippen LogP contribution in [0, 0.1) is 0 Å². The van der Waals surface area contributed by atoms with Gasteiger partial charge in [-0.15, -0.1) is 0 Å². The lowest BCUT2D eigenvalue weighted by Gasteiger charge is -2.27. The maximum atomic E-state index is 5.53. The summed E-state index contributed by atoms with van der Waals surface area (Å²) in [4.78, 5) is 2.37. The van der Waals surface area contributed by atoms with Crippen molar-refractivity contribution in [1.29, 1.82) is 0 Å². The first kappa shape index (κ1) is 11.5. The van der Waals surface area contributed by atoms with Gasteiger partial charge >= 0.3 is 0 Å². The van der Waals surface area contributed by atoms with Crippen LogP contribution in [0.2, 0.25) is 0 Å². The third-order valence-corrected chi connectivity index (χ3v) is 3.72. The van der Waals surface area contributed by atoms with E-state index in [0.29, 0.717) is 5.92 Å². The molecular weight excluding hydrogens is 224 g/mol. The van der Waals surface area contributed by atoms with Gasteiger partial charge in [0.05, 0.1) is 0 Å². The second kappa shape index (κ2) is 4.94. The first-order valence-electron chi connectivity index (χ1n) is 6.53. The van der Waals surface area contributed by atoms with E-state index in [2.05, 4.69) is 35.3 Å². The minimum absolute atomic E-state index is 0.533. The fourth-order valence-electron chi connectivity index (χ4n) is 2.52. The number of likely N-dealkylation sites (tertiary alicyclic amines) is 1. The molecule has 0 bridgehead atoms. The predicted octanol–water partition coefficient (Wildman–Crippen LogP) is 3.15. The molecule has 2 heterocycles. The molecule has 0 atom stereocenters. The molecule has 1 aliphatic rings. The van der Waals surface area contributed by atoms with Crippen molar-refractivity contribution in [3.8, 4) is 11.3 Å². The molecule has 0 amide bonds. The average molecular weight is 242 g/mol. The molecule has 18 heavy (non-hydrogen) atoms.